The lowest BCUT2D eigenvalue weighted by atomic mass is 10.0. The Morgan fingerprint density at radius 1 is 1.29 bits per heavy atom. The van der Waals surface area contributed by atoms with Gasteiger partial charge in [-0.05, 0) is 45.1 Å². The van der Waals surface area contributed by atoms with Crippen LogP contribution in [0.1, 0.15) is 50.9 Å². The van der Waals surface area contributed by atoms with Crippen molar-refractivity contribution in [3.63, 3.8) is 0 Å². The van der Waals surface area contributed by atoms with Gasteiger partial charge in [-0.25, -0.2) is 4.98 Å². The first kappa shape index (κ1) is 12.6. The second-order valence-electron chi connectivity index (χ2n) is 5.35. The summed E-state index contributed by atoms with van der Waals surface area (Å²) in [5.41, 5.74) is 2.87. The Balaban J connectivity index is 1.74. The minimum Gasteiger partial charge on any atom is -0.334 e. The Bertz CT molecular complexity index is 341. The maximum atomic E-state index is 4.53. The number of aryl methyl sites for hydroxylation is 2. The monoisotopic (exact) mass is 235 g/mol. The standard InChI is InChI=1S/C14H25N3/c1-12(2)15-9-5-6-10-17-11-16-13-7-3-4-8-14(13)17/h11-12,15H,3-10H2,1-2H3. The number of imidazole rings is 1. The van der Waals surface area contributed by atoms with E-state index in [9.17, 15) is 0 Å². The van der Waals surface area contributed by atoms with Gasteiger partial charge in [0.05, 0.1) is 12.0 Å². The number of nitrogens with one attached hydrogen (secondary N) is 1. The van der Waals surface area contributed by atoms with Crippen molar-refractivity contribution in [3.05, 3.63) is 17.7 Å². The van der Waals surface area contributed by atoms with Crippen molar-refractivity contribution in [1.82, 2.24) is 14.9 Å². The summed E-state index contributed by atoms with van der Waals surface area (Å²) in [6.45, 7) is 6.68. The Morgan fingerprint density at radius 3 is 2.94 bits per heavy atom. The third-order valence-electron chi connectivity index (χ3n) is 3.49. The minimum absolute atomic E-state index is 0.607. The van der Waals surface area contributed by atoms with Gasteiger partial charge in [-0.3, -0.25) is 0 Å². The first-order valence-electron chi connectivity index (χ1n) is 7.03. The lowest BCUT2D eigenvalue weighted by Gasteiger charge is -2.14. The van der Waals surface area contributed by atoms with Crippen molar-refractivity contribution < 1.29 is 0 Å². The van der Waals surface area contributed by atoms with E-state index in [4.69, 9.17) is 0 Å². The fourth-order valence-corrected chi connectivity index (χ4v) is 2.52. The smallest absolute Gasteiger partial charge is 0.0951 e. The lowest BCUT2D eigenvalue weighted by molar-refractivity contribution is 0.520. The molecule has 2 rings (SSSR count). The second-order valence-corrected chi connectivity index (χ2v) is 5.35. The summed E-state index contributed by atoms with van der Waals surface area (Å²) in [5.74, 6) is 0. The van der Waals surface area contributed by atoms with E-state index in [0.29, 0.717) is 6.04 Å². The lowest BCUT2D eigenvalue weighted by Crippen LogP contribution is -2.23. The molecule has 1 aromatic heterocycles. The Labute approximate surface area is 105 Å². The highest BCUT2D eigenvalue weighted by atomic mass is 15.1. The quantitative estimate of drug-likeness (QED) is 0.768. The van der Waals surface area contributed by atoms with Gasteiger partial charge in [0.25, 0.3) is 0 Å². The molecule has 17 heavy (non-hydrogen) atoms. The van der Waals surface area contributed by atoms with Crippen LogP contribution < -0.4 is 5.32 Å². The van der Waals surface area contributed by atoms with Crippen LogP contribution in [0.15, 0.2) is 6.33 Å². The zero-order chi connectivity index (χ0) is 12.1. The molecule has 1 heterocycles. The summed E-state index contributed by atoms with van der Waals surface area (Å²) in [6.07, 6.45) is 9.65. The Morgan fingerprint density at radius 2 is 2.12 bits per heavy atom. The number of hydrogen-bond donors (Lipinski definition) is 1. The molecule has 0 unspecified atom stereocenters. The van der Waals surface area contributed by atoms with E-state index in [1.54, 1.807) is 0 Å². The fourth-order valence-electron chi connectivity index (χ4n) is 2.52. The van der Waals surface area contributed by atoms with Crippen LogP contribution in [0.2, 0.25) is 0 Å². The van der Waals surface area contributed by atoms with E-state index < -0.39 is 0 Å². The topological polar surface area (TPSA) is 29.9 Å². The zero-order valence-corrected chi connectivity index (χ0v) is 11.2. The molecule has 1 N–H and O–H groups in total. The van der Waals surface area contributed by atoms with Gasteiger partial charge in [0.15, 0.2) is 0 Å². The molecule has 3 nitrogen and oxygen atoms in total. The largest absolute Gasteiger partial charge is 0.334 e. The van der Waals surface area contributed by atoms with Crippen LogP contribution in [0.5, 0.6) is 0 Å². The normalized spacial score (nSPS) is 15.2. The molecule has 0 saturated heterocycles. The summed E-state index contributed by atoms with van der Waals surface area (Å²) in [7, 11) is 0. The number of nitrogens with zero attached hydrogens (tertiary/aromatic N) is 2. The number of fused-ring (bicyclic) bond motifs is 1. The number of aromatic nitrogens is 2. The van der Waals surface area contributed by atoms with Crippen LogP contribution in [0, 0.1) is 0 Å². The molecule has 1 aromatic rings. The molecular formula is C14H25N3. The fraction of sp³-hybridized carbons (Fsp3) is 0.786. The van der Waals surface area contributed by atoms with Crippen molar-refractivity contribution in [2.24, 2.45) is 0 Å². The van der Waals surface area contributed by atoms with Gasteiger partial charge in [0.1, 0.15) is 0 Å². The van der Waals surface area contributed by atoms with Gasteiger partial charge < -0.3 is 9.88 Å². The summed E-state index contributed by atoms with van der Waals surface area (Å²) in [6, 6.07) is 0.607. The Kier molecular flexibility index (Phi) is 4.60. The predicted molar refractivity (Wildman–Crippen MR) is 71.2 cm³/mol. The molecule has 0 atom stereocenters. The summed E-state index contributed by atoms with van der Waals surface area (Å²) < 4.78 is 2.38. The van der Waals surface area contributed by atoms with Gasteiger partial charge >= 0.3 is 0 Å². The van der Waals surface area contributed by atoms with Crippen LogP contribution in [-0.2, 0) is 19.4 Å². The van der Waals surface area contributed by atoms with Crippen LogP contribution in [0.4, 0.5) is 0 Å². The van der Waals surface area contributed by atoms with E-state index in [1.807, 2.05) is 6.33 Å². The molecule has 0 aromatic carbocycles. The Hall–Kier alpha value is -0.830. The first-order chi connectivity index (χ1) is 8.27. The highest BCUT2D eigenvalue weighted by molar-refractivity contribution is 5.16. The molecule has 0 bridgehead atoms. The summed E-state index contributed by atoms with van der Waals surface area (Å²) in [4.78, 5) is 4.53. The van der Waals surface area contributed by atoms with E-state index in [1.165, 1.54) is 49.9 Å². The van der Waals surface area contributed by atoms with Gasteiger partial charge in [0.2, 0.25) is 0 Å². The van der Waals surface area contributed by atoms with Gasteiger partial charge in [-0.15, -0.1) is 0 Å². The summed E-state index contributed by atoms with van der Waals surface area (Å²) in [5, 5.41) is 3.46. The van der Waals surface area contributed by atoms with Crippen molar-refractivity contribution >= 4 is 0 Å². The van der Waals surface area contributed by atoms with Gasteiger partial charge in [-0.1, -0.05) is 13.8 Å². The molecule has 0 amide bonds. The average molecular weight is 235 g/mol. The first-order valence-corrected chi connectivity index (χ1v) is 7.03. The molecule has 3 heteroatoms. The molecule has 1 aliphatic carbocycles. The number of unbranched alkanes of at least 4 members (excludes halogenated alkanes) is 1. The molecular weight excluding hydrogens is 210 g/mol. The van der Waals surface area contributed by atoms with Crippen molar-refractivity contribution in [3.8, 4) is 0 Å². The average Bonchev–Trinajstić information content (AvgIpc) is 2.72. The van der Waals surface area contributed by atoms with Gasteiger partial charge in [0, 0.05) is 18.3 Å². The van der Waals surface area contributed by atoms with Gasteiger partial charge in [-0.2, -0.15) is 0 Å². The number of rotatable bonds is 6. The maximum absolute atomic E-state index is 4.53. The molecule has 0 aliphatic heterocycles. The highest BCUT2D eigenvalue weighted by Crippen LogP contribution is 2.20. The zero-order valence-electron chi connectivity index (χ0n) is 11.2. The molecule has 0 radical (unpaired) electrons. The van der Waals surface area contributed by atoms with E-state index >= 15 is 0 Å². The van der Waals surface area contributed by atoms with Crippen LogP contribution >= 0.6 is 0 Å². The number of hydrogen-bond acceptors (Lipinski definition) is 2. The van der Waals surface area contributed by atoms with E-state index in [0.717, 1.165) is 13.1 Å². The molecule has 0 saturated carbocycles. The third kappa shape index (κ3) is 3.56. The van der Waals surface area contributed by atoms with Crippen LogP contribution in [0.3, 0.4) is 0 Å². The molecule has 96 valence electrons. The van der Waals surface area contributed by atoms with Crippen LogP contribution in [0.25, 0.3) is 0 Å². The SMILES string of the molecule is CC(C)NCCCCn1cnc2c1CCCC2. The van der Waals surface area contributed by atoms with Crippen LogP contribution in [-0.4, -0.2) is 22.1 Å². The molecule has 0 spiro atoms. The molecule has 0 fully saturated rings. The minimum atomic E-state index is 0.607. The summed E-state index contributed by atoms with van der Waals surface area (Å²) >= 11 is 0. The van der Waals surface area contributed by atoms with Crippen molar-refractivity contribution in [1.29, 1.82) is 0 Å². The third-order valence-corrected chi connectivity index (χ3v) is 3.49. The highest BCUT2D eigenvalue weighted by Gasteiger charge is 2.14. The second kappa shape index (κ2) is 6.20. The van der Waals surface area contributed by atoms with Crippen molar-refractivity contribution in [2.45, 2.75) is 65.0 Å². The molecule has 1 aliphatic rings. The van der Waals surface area contributed by atoms with E-state index in [-0.39, 0.29) is 0 Å². The maximum Gasteiger partial charge on any atom is 0.0951 e. The van der Waals surface area contributed by atoms with Crippen molar-refractivity contribution in [2.75, 3.05) is 6.54 Å². The predicted octanol–water partition coefficient (Wildman–Crippen LogP) is 2.54. The van der Waals surface area contributed by atoms with E-state index in [2.05, 4.69) is 28.7 Å².